The number of carbonyl (C=O) groups is 1. The molecule has 0 spiro atoms. The van der Waals surface area contributed by atoms with Crippen LogP contribution in [0.2, 0.25) is 0 Å². The van der Waals surface area contributed by atoms with Crippen LogP contribution in [0.15, 0.2) is 47.1 Å². The lowest BCUT2D eigenvalue weighted by molar-refractivity contribution is 0.0146. The minimum Gasteiger partial charge on any atom is -0.478 e. The molecule has 2 aromatic heterocycles. The number of benzene rings is 1. The number of aromatic carboxylic acids is 1. The summed E-state index contributed by atoms with van der Waals surface area (Å²) in [6.07, 6.45) is 8.07. The number of aryl methyl sites for hydroxylation is 1. The van der Waals surface area contributed by atoms with Crippen LogP contribution in [-0.2, 0) is 11.3 Å². The van der Waals surface area contributed by atoms with Crippen LogP contribution in [-0.4, -0.2) is 39.4 Å². The molecule has 4 heterocycles. The van der Waals surface area contributed by atoms with Gasteiger partial charge in [-0.15, -0.1) is 0 Å². The van der Waals surface area contributed by atoms with Gasteiger partial charge in [0.25, 0.3) is 0 Å². The van der Waals surface area contributed by atoms with E-state index < -0.39 is 5.97 Å². The highest BCUT2D eigenvalue weighted by molar-refractivity contribution is 5.87. The summed E-state index contributed by atoms with van der Waals surface area (Å²) in [7, 11) is 0. The first-order valence-corrected chi connectivity index (χ1v) is 12.2. The molecule has 1 N–H and O–H groups in total. The number of anilines is 1. The third-order valence-corrected chi connectivity index (χ3v) is 7.58. The Balaban J connectivity index is 1.18. The van der Waals surface area contributed by atoms with Crippen molar-refractivity contribution in [3.63, 3.8) is 0 Å². The van der Waals surface area contributed by atoms with Crippen LogP contribution in [0.3, 0.4) is 0 Å². The quantitative estimate of drug-likeness (QED) is 0.510. The van der Waals surface area contributed by atoms with Gasteiger partial charge in [0, 0.05) is 35.3 Å². The Hall–Kier alpha value is -3.19. The van der Waals surface area contributed by atoms with Gasteiger partial charge < -0.3 is 19.3 Å². The molecule has 0 radical (unpaired) electrons. The number of nitrogens with zero attached hydrogens (tertiary/aromatic N) is 3. The number of hydrogen-bond donors (Lipinski definition) is 1. The van der Waals surface area contributed by atoms with Crippen LogP contribution in [0.5, 0.6) is 0 Å². The van der Waals surface area contributed by atoms with Crippen molar-refractivity contribution in [3.8, 4) is 11.3 Å². The molecule has 176 valence electrons. The second-order valence-electron chi connectivity index (χ2n) is 9.87. The van der Waals surface area contributed by atoms with Gasteiger partial charge in [0.05, 0.1) is 18.3 Å². The van der Waals surface area contributed by atoms with E-state index in [0.29, 0.717) is 24.6 Å². The molecule has 2 bridgehead atoms. The first-order chi connectivity index (χ1) is 16.6. The highest BCUT2D eigenvalue weighted by atomic mass is 16.5. The average molecular weight is 460 g/mol. The molecule has 2 unspecified atom stereocenters. The van der Waals surface area contributed by atoms with Crippen molar-refractivity contribution in [1.82, 2.24) is 10.1 Å². The summed E-state index contributed by atoms with van der Waals surface area (Å²) in [6, 6.07) is 12.5. The number of pyridine rings is 1. The fourth-order valence-electron chi connectivity index (χ4n) is 5.68. The summed E-state index contributed by atoms with van der Waals surface area (Å²) in [5.41, 5.74) is 4.55. The van der Waals surface area contributed by atoms with Crippen LogP contribution in [0.25, 0.3) is 11.3 Å². The van der Waals surface area contributed by atoms with Gasteiger partial charge in [-0.05, 0) is 63.1 Å². The Labute approximate surface area is 198 Å². The van der Waals surface area contributed by atoms with Gasteiger partial charge in [-0.2, -0.15) is 0 Å². The highest BCUT2D eigenvalue weighted by Gasteiger charge is 2.42. The third kappa shape index (κ3) is 3.88. The van der Waals surface area contributed by atoms with Gasteiger partial charge in [0.1, 0.15) is 17.3 Å². The van der Waals surface area contributed by atoms with E-state index in [1.54, 1.807) is 6.07 Å². The molecule has 3 aliphatic rings. The Morgan fingerprint density at radius 2 is 1.88 bits per heavy atom. The largest absolute Gasteiger partial charge is 0.478 e. The van der Waals surface area contributed by atoms with Gasteiger partial charge in [-0.3, -0.25) is 0 Å². The molecule has 7 heteroatoms. The summed E-state index contributed by atoms with van der Waals surface area (Å²) in [5.74, 6) is 1.40. The molecular weight excluding hydrogens is 430 g/mol. The minimum absolute atomic E-state index is 0.179. The number of carboxylic acids is 1. The predicted molar refractivity (Wildman–Crippen MR) is 127 cm³/mol. The molecule has 3 fully saturated rings. The number of carboxylic acid groups (broad SMARTS) is 1. The second kappa shape index (κ2) is 8.55. The van der Waals surface area contributed by atoms with Gasteiger partial charge >= 0.3 is 5.97 Å². The second-order valence-corrected chi connectivity index (χ2v) is 9.87. The number of fused-ring (bicyclic) bond motifs is 2. The summed E-state index contributed by atoms with van der Waals surface area (Å²) >= 11 is 0. The van der Waals surface area contributed by atoms with E-state index in [0.717, 1.165) is 66.9 Å². The summed E-state index contributed by atoms with van der Waals surface area (Å²) in [4.78, 5) is 18.0. The average Bonchev–Trinajstić information content (AvgIpc) is 3.55. The number of piperidine rings is 1. The molecule has 2 saturated heterocycles. The third-order valence-electron chi connectivity index (χ3n) is 7.58. The lowest BCUT2D eigenvalue weighted by Crippen LogP contribution is -2.46. The van der Waals surface area contributed by atoms with Crippen molar-refractivity contribution in [3.05, 3.63) is 65.0 Å². The van der Waals surface area contributed by atoms with E-state index in [4.69, 9.17) is 14.4 Å². The molecular formula is C27H29N3O4. The zero-order valence-electron chi connectivity index (χ0n) is 19.3. The first-order valence-electron chi connectivity index (χ1n) is 12.2. The fourth-order valence-corrected chi connectivity index (χ4v) is 5.68. The Morgan fingerprint density at radius 1 is 1.12 bits per heavy atom. The Kier molecular flexibility index (Phi) is 5.37. The van der Waals surface area contributed by atoms with E-state index in [9.17, 15) is 4.79 Å². The monoisotopic (exact) mass is 459 g/mol. The lowest BCUT2D eigenvalue weighted by atomic mass is 9.98. The standard InChI is InChI=1S/C27H29N3O4/c1-16-4-2-3-5-22(16)25-23(26(34-29-25)17-6-7-17)15-33-21-12-19-9-10-20(13-21)30(19)24-11-8-18(14-28-24)27(31)32/h2-5,8,11,14,17,19-21H,6-7,9-10,12-13,15H2,1H3,(H,31,32). The zero-order valence-corrected chi connectivity index (χ0v) is 19.3. The molecule has 1 saturated carbocycles. The molecule has 2 aliphatic heterocycles. The molecule has 2 atom stereocenters. The first kappa shape index (κ1) is 21.4. The maximum absolute atomic E-state index is 11.2. The molecule has 6 rings (SSSR count). The number of ether oxygens (including phenoxy) is 1. The molecule has 7 nitrogen and oxygen atoms in total. The van der Waals surface area contributed by atoms with E-state index in [2.05, 4.69) is 34.1 Å². The number of aromatic nitrogens is 2. The van der Waals surface area contributed by atoms with Crippen molar-refractivity contribution in [1.29, 1.82) is 0 Å². The van der Waals surface area contributed by atoms with E-state index >= 15 is 0 Å². The Bertz CT molecular complexity index is 1190. The van der Waals surface area contributed by atoms with Gasteiger partial charge in [0.2, 0.25) is 0 Å². The zero-order chi connectivity index (χ0) is 23.2. The smallest absolute Gasteiger partial charge is 0.337 e. The van der Waals surface area contributed by atoms with Gasteiger partial charge in [0.15, 0.2) is 0 Å². The molecule has 0 amide bonds. The molecule has 1 aromatic carbocycles. The maximum Gasteiger partial charge on any atom is 0.337 e. The van der Waals surface area contributed by atoms with E-state index in [1.807, 2.05) is 18.2 Å². The molecule has 34 heavy (non-hydrogen) atoms. The van der Waals surface area contributed by atoms with Crippen molar-refractivity contribution in [2.24, 2.45) is 0 Å². The minimum atomic E-state index is -0.946. The van der Waals surface area contributed by atoms with Crippen LogP contribution in [0.4, 0.5) is 5.82 Å². The highest BCUT2D eigenvalue weighted by Crippen LogP contribution is 2.45. The predicted octanol–water partition coefficient (Wildman–Crippen LogP) is 5.34. The number of rotatable bonds is 7. The van der Waals surface area contributed by atoms with Crippen molar-refractivity contribution < 1.29 is 19.2 Å². The Morgan fingerprint density at radius 3 is 2.53 bits per heavy atom. The maximum atomic E-state index is 11.2. The molecule has 1 aliphatic carbocycles. The van der Waals surface area contributed by atoms with Gasteiger partial charge in [-0.25, -0.2) is 9.78 Å². The topological polar surface area (TPSA) is 88.7 Å². The summed E-state index contributed by atoms with van der Waals surface area (Å²) in [5, 5.41) is 13.6. The van der Waals surface area contributed by atoms with Crippen LogP contribution in [0.1, 0.15) is 71.7 Å². The fraction of sp³-hybridized carbons (Fsp3) is 0.444. The summed E-state index contributed by atoms with van der Waals surface area (Å²) in [6.45, 7) is 2.63. The normalized spacial score (nSPS) is 23.9. The SMILES string of the molecule is Cc1ccccc1-c1noc(C2CC2)c1COC1CC2CCC(C1)N2c1ccc(C(=O)O)cn1. The van der Waals surface area contributed by atoms with Crippen LogP contribution < -0.4 is 4.90 Å². The van der Waals surface area contributed by atoms with E-state index in [-0.39, 0.29) is 11.7 Å². The van der Waals surface area contributed by atoms with Crippen LogP contribution in [0, 0.1) is 6.92 Å². The number of hydrogen-bond acceptors (Lipinski definition) is 6. The van der Waals surface area contributed by atoms with Crippen molar-refractivity contribution in [2.45, 2.75) is 76.2 Å². The van der Waals surface area contributed by atoms with Crippen molar-refractivity contribution >= 4 is 11.8 Å². The van der Waals surface area contributed by atoms with Crippen molar-refractivity contribution in [2.75, 3.05) is 4.90 Å². The van der Waals surface area contributed by atoms with E-state index in [1.165, 1.54) is 11.8 Å². The lowest BCUT2D eigenvalue weighted by Gasteiger charge is -2.39. The van der Waals surface area contributed by atoms with Crippen LogP contribution >= 0.6 is 0 Å². The molecule has 3 aromatic rings. The summed E-state index contributed by atoms with van der Waals surface area (Å²) < 4.78 is 12.4. The van der Waals surface area contributed by atoms with Gasteiger partial charge in [-0.1, -0.05) is 29.4 Å².